The molecule has 0 heterocycles. The molecule has 0 fully saturated rings. The van der Waals surface area contributed by atoms with E-state index in [-0.39, 0.29) is 6.10 Å². The van der Waals surface area contributed by atoms with Gasteiger partial charge in [0.05, 0.1) is 11.9 Å². The number of hydrogen-bond acceptors (Lipinski definition) is 1. The molecule has 0 saturated carbocycles. The molecule has 0 spiro atoms. The largest absolute Gasteiger partial charge is 0.495 e. The van der Waals surface area contributed by atoms with Crippen molar-refractivity contribution in [3.63, 3.8) is 0 Å². The van der Waals surface area contributed by atoms with Crippen molar-refractivity contribution in [2.24, 2.45) is 0 Å². The Bertz CT molecular complexity index is 251. The van der Waals surface area contributed by atoms with Crippen LogP contribution in [-0.4, -0.2) is 6.10 Å². The van der Waals surface area contributed by atoms with Gasteiger partial charge in [-0.15, -0.1) is 0 Å². The standard InChI is InChI=1S/C12H19ClO/c1-6-10(4)14-11(5)9(3)8-12(13)7-2/h7-8,10H,2,6H2,1,3-5H3/b11-9+,12-8+. The topological polar surface area (TPSA) is 9.23 Å². The van der Waals surface area contributed by atoms with E-state index in [4.69, 9.17) is 16.3 Å². The molecule has 1 unspecified atom stereocenters. The van der Waals surface area contributed by atoms with Gasteiger partial charge < -0.3 is 4.74 Å². The molecule has 0 rings (SSSR count). The highest BCUT2D eigenvalue weighted by molar-refractivity contribution is 6.31. The second-order valence-electron chi connectivity index (χ2n) is 3.31. The third-order valence-electron chi connectivity index (χ3n) is 2.06. The fourth-order valence-corrected chi connectivity index (χ4v) is 1.01. The minimum absolute atomic E-state index is 0.251. The molecule has 80 valence electrons. The van der Waals surface area contributed by atoms with Crippen LogP contribution in [0, 0.1) is 0 Å². The van der Waals surface area contributed by atoms with Crippen molar-refractivity contribution in [3.05, 3.63) is 35.1 Å². The molecular weight excluding hydrogens is 196 g/mol. The van der Waals surface area contributed by atoms with Crippen molar-refractivity contribution >= 4 is 11.6 Å². The van der Waals surface area contributed by atoms with Crippen molar-refractivity contribution in [2.45, 2.75) is 40.2 Å². The van der Waals surface area contributed by atoms with E-state index in [9.17, 15) is 0 Å². The van der Waals surface area contributed by atoms with Gasteiger partial charge in [0, 0.05) is 5.03 Å². The Morgan fingerprint density at radius 3 is 2.50 bits per heavy atom. The number of halogens is 1. The molecule has 1 atom stereocenters. The van der Waals surface area contributed by atoms with Crippen LogP contribution < -0.4 is 0 Å². The summed E-state index contributed by atoms with van der Waals surface area (Å²) in [5, 5.41) is 0.634. The van der Waals surface area contributed by atoms with Crippen molar-refractivity contribution in [3.8, 4) is 0 Å². The van der Waals surface area contributed by atoms with Crippen molar-refractivity contribution in [2.75, 3.05) is 0 Å². The minimum Gasteiger partial charge on any atom is -0.495 e. The summed E-state index contributed by atoms with van der Waals surface area (Å²) in [6.07, 6.45) is 4.72. The first kappa shape index (κ1) is 13.3. The van der Waals surface area contributed by atoms with Gasteiger partial charge in [0.2, 0.25) is 0 Å². The summed E-state index contributed by atoms with van der Waals surface area (Å²) in [4.78, 5) is 0. The van der Waals surface area contributed by atoms with E-state index in [1.807, 2.05) is 19.9 Å². The first-order valence-electron chi connectivity index (χ1n) is 4.85. The van der Waals surface area contributed by atoms with Crippen LogP contribution >= 0.6 is 11.6 Å². The van der Waals surface area contributed by atoms with Crippen LogP contribution in [0.15, 0.2) is 35.1 Å². The molecule has 0 radical (unpaired) electrons. The lowest BCUT2D eigenvalue weighted by atomic mass is 10.2. The Morgan fingerprint density at radius 2 is 2.07 bits per heavy atom. The van der Waals surface area contributed by atoms with E-state index in [0.717, 1.165) is 17.8 Å². The molecule has 0 aromatic carbocycles. The molecule has 0 amide bonds. The van der Waals surface area contributed by atoms with Gasteiger partial charge in [-0.2, -0.15) is 0 Å². The average Bonchev–Trinajstić information content (AvgIpc) is 2.17. The predicted molar refractivity (Wildman–Crippen MR) is 63.3 cm³/mol. The highest BCUT2D eigenvalue weighted by Crippen LogP contribution is 2.14. The van der Waals surface area contributed by atoms with Crippen LogP contribution in [0.1, 0.15) is 34.1 Å². The number of allylic oxidation sites excluding steroid dienone is 5. The van der Waals surface area contributed by atoms with Gasteiger partial charge in [-0.25, -0.2) is 0 Å². The summed E-state index contributed by atoms with van der Waals surface area (Å²) in [6.45, 7) is 11.7. The van der Waals surface area contributed by atoms with Gasteiger partial charge in [0.25, 0.3) is 0 Å². The van der Waals surface area contributed by atoms with E-state index < -0.39 is 0 Å². The molecule has 0 aromatic rings. The van der Waals surface area contributed by atoms with Gasteiger partial charge in [-0.1, -0.05) is 31.2 Å². The molecule has 2 heteroatoms. The van der Waals surface area contributed by atoms with Gasteiger partial charge >= 0.3 is 0 Å². The number of hydrogen-bond donors (Lipinski definition) is 0. The fraction of sp³-hybridized carbons (Fsp3) is 0.500. The Morgan fingerprint density at radius 1 is 1.50 bits per heavy atom. The second kappa shape index (κ2) is 6.72. The van der Waals surface area contributed by atoms with Crippen molar-refractivity contribution in [1.29, 1.82) is 0 Å². The van der Waals surface area contributed by atoms with Gasteiger partial charge in [0.1, 0.15) is 0 Å². The fourth-order valence-electron chi connectivity index (χ4n) is 0.845. The molecule has 1 nitrogen and oxygen atoms in total. The van der Waals surface area contributed by atoms with E-state index >= 15 is 0 Å². The summed E-state index contributed by atoms with van der Waals surface area (Å²) in [5.74, 6) is 0.916. The lowest BCUT2D eigenvalue weighted by molar-refractivity contribution is 0.128. The second-order valence-corrected chi connectivity index (χ2v) is 3.75. The molecule has 0 aliphatic rings. The highest BCUT2D eigenvalue weighted by atomic mass is 35.5. The smallest absolute Gasteiger partial charge is 0.0962 e. The zero-order valence-corrected chi connectivity index (χ0v) is 10.2. The molecule has 0 aliphatic heterocycles. The molecule has 0 aromatic heterocycles. The van der Waals surface area contributed by atoms with Crippen LogP contribution in [0.3, 0.4) is 0 Å². The lowest BCUT2D eigenvalue weighted by Gasteiger charge is -2.14. The van der Waals surface area contributed by atoms with E-state index in [1.165, 1.54) is 0 Å². The minimum atomic E-state index is 0.251. The summed E-state index contributed by atoms with van der Waals surface area (Å²) in [5.41, 5.74) is 1.04. The number of rotatable bonds is 5. The zero-order valence-electron chi connectivity index (χ0n) is 9.43. The summed E-state index contributed by atoms with van der Waals surface area (Å²) in [7, 11) is 0. The SMILES string of the molecule is C=C/C(Cl)=C\C(C)=C(/C)OC(C)CC. The van der Waals surface area contributed by atoms with Crippen LogP contribution in [0.5, 0.6) is 0 Å². The zero-order chi connectivity index (χ0) is 11.1. The van der Waals surface area contributed by atoms with E-state index in [1.54, 1.807) is 6.08 Å². The van der Waals surface area contributed by atoms with Crippen LogP contribution in [0.4, 0.5) is 0 Å². The molecular formula is C12H19ClO. The average molecular weight is 215 g/mol. The molecule has 0 saturated heterocycles. The van der Waals surface area contributed by atoms with Crippen molar-refractivity contribution in [1.82, 2.24) is 0 Å². The van der Waals surface area contributed by atoms with Gasteiger partial charge in [-0.3, -0.25) is 0 Å². The van der Waals surface area contributed by atoms with Crippen LogP contribution in [0.2, 0.25) is 0 Å². The molecule has 0 N–H and O–H groups in total. The normalized spacial score (nSPS) is 15.9. The Balaban J connectivity index is 4.51. The van der Waals surface area contributed by atoms with Crippen LogP contribution in [0.25, 0.3) is 0 Å². The maximum absolute atomic E-state index is 5.83. The maximum atomic E-state index is 5.83. The lowest BCUT2D eigenvalue weighted by Crippen LogP contribution is -2.05. The summed E-state index contributed by atoms with van der Waals surface area (Å²) >= 11 is 5.83. The Labute approximate surface area is 92.1 Å². The molecule has 0 aliphatic carbocycles. The summed E-state index contributed by atoms with van der Waals surface area (Å²) < 4.78 is 5.65. The maximum Gasteiger partial charge on any atom is 0.0962 e. The first-order valence-corrected chi connectivity index (χ1v) is 5.22. The van der Waals surface area contributed by atoms with E-state index in [2.05, 4.69) is 20.4 Å². The molecule has 14 heavy (non-hydrogen) atoms. The third-order valence-corrected chi connectivity index (χ3v) is 2.32. The number of ether oxygens (including phenoxy) is 1. The quantitative estimate of drug-likeness (QED) is 0.487. The third kappa shape index (κ3) is 5.13. The summed E-state index contributed by atoms with van der Waals surface area (Å²) in [6, 6.07) is 0. The monoisotopic (exact) mass is 214 g/mol. The van der Waals surface area contributed by atoms with Crippen LogP contribution in [-0.2, 0) is 4.74 Å². The van der Waals surface area contributed by atoms with E-state index in [0.29, 0.717) is 5.03 Å². The highest BCUT2D eigenvalue weighted by Gasteiger charge is 2.01. The Kier molecular flexibility index (Phi) is 6.39. The first-order chi connectivity index (χ1) is 6.51. The molecule has 0 bridgehead atoms. The predicted octanol–water partition coefficient (Wildman–Crippen LogP) is 4.40. The van der Waals surface area contributed by atoms with Crippen molar-refractivity contribution < 1.29 is 4.74 Å². The van der Waals surface area contributed by atoms with Gasteiger partial charge in [-0.05, 0) is 38.8 Å². The van der Waals surface area contributed by atoms with Gasteiger partial charge in [0.15, 0.2) is 0 Å². The Hall–Kier alpha value is -0.690.